The number of halogens is 2. The second-order valence-electron chi connectivity index (χ2n) is 7.13. The molecule has 160 valence electrons. The van der Waals surface area contributed by atoms with Crippen LogP contribution in [0.5, 0.6) is 5.75 Å². The Morgan fingerprint density at radius 2 is 1.93 bits per heavy atom. The van der Waals surface area contributed by atoms with E-state index in [-0.39, 0.29) is 17.5 Å². The van der Waals surface area contributed by atoms with Crippen LogP contribution in [-0.4, -0.2) is 48.3 Å². The van der Waals surface area contributed by atoms with Crippen LogP contribution in [0.25, 0.3) is 0 Å². The van der Waals surface area contributed by atoms with Crippen LogP contribution >= 0.6 is 23.2 Å². The number of hydrogen-bond acceptors (Lipinski definition) is 6. The lowest BCUT2D eigenvalue weighted by Gasteiger charge is -2.47. The Kier molecular flexibility index (Phi) is 6.48. The molecular formula is C21H21Cl2NO6. The molecule has 7 nitrogen and oxygen atoms in total. The summed E-state index contributed by atoms with van der Waals surface area (Å²) >= 11 is 12.1. The number of fused-ring (bicyclic) bond motifs is 1. The smallest absolute Gasteiger partial charge is 0.223 e. The highest BCUT2D eigenvalue weighted by molar-refractivity contribution is 6.35. The van der Waals surface area contributed by atoms with E-state index in [9.17, 15) is 9.90 Å². The topological polar surface area (TPSA) is 86.3 Å². The first-order chi connectivity index (χ1) is 14.4. The maximum absolute atomic E-state index is 11.8. The molecule has 0 radical (unpaired) electrons. The van der Waals surface area contributed by atoms with E-state index in [1.807, 2.05) is 30.3 Å². The van der Waals surface area contributed by atoms with Crippen LogP contribution in [0.15, 0.2) is 48.5 Å². The molecule has 2 aromatic carbocycles. The van der Waals surface area contributed by atoms with E-state index < -0.39 is 36.9 Å². The number of rotatable bonds is 4. The van der Waals surface area contributed by atoms with Gasteiger partial charge in [-0.3, -0.25) is 4.79 Å². The molecule has 2 aliphatic rings. The van der Waals surface area contributed by atoms with Crippen LogP contribution in [-0.2, 0) is 19.0 Å². The van der Waals surface area contributed by atoms with E-state index in [2.05, 4.69) is 5.32 Å². The van der Waals surface area contributed by atoms with Crippen LogP contribution in [0.1, 0.15) is 18.8 Å². The van der Waals surface area contributed by atoms with Gasteiger partial charge in [0.25, 0.3) is 0 Å². The number of hydrogen-bond donors (Lipinski definition) is 2. The Morgan fingerprint density at radius 1 is 1.17 bits per heavy atom. The Hall–Kier alpha value is -1.87. The third-order valence-electron chi connectivity index (χ3n) is 4.94. The molecule has 0 spiro atoms. The summed E-state index contributed by atoms with van der Waals surface area (Å²) < 4.78 is 23.7. The number of aliphatic hydroxyl groups is 1. The summed E-state index contributed by atoms with van der Waals surface area (Å²) in [4.78, 5) is 11.8. The van der Waals surface area contributed by atoms with Gasteiger partial charge in [-0.25, -0.2) is 0 Å². The summed E-state index contributed by atoms with van der Waals surface area (Å²) in [6.45, 7) is 1.53. The predicted octanol–water partition coefficient (Wildman–Crippen LogP) is 3.08. The molecule has 0 saturated carbocycles. The quantitative estimate of drug-likeness (QED) is 0.739. The Bertz CT molecular complexity index is 898. The van der Waals surface area contributed by atoms with Gasteiger partial charge in [-0.05, 0) is 18.2 Å². The molecule has 30 heavy (non-hydrogen) atoms. The second-order valence-corrected chi connectivity index (χ2v) is 7.97. The van der Waals surface area contributed by atoms with Crippen molar-refractivity contribution in [2.75, 3.05) is 6.61 Å². The number of carbonyl (C=O) groups excluding carboxylic acids is 1. The average molecular weight is 454 g/mol. The fourth-order valence-electron chi connectivity index (χ4n) is 3.56. The van der Waals surface area contributed by atoms with E-state index in [4.69, 9.17) is 42.1 Å². The molecule has 0 aromatic heterocycles. The van der Waals surface area contributed by atoms with Gasteiger partial charge in [-0.1, -0.05) is 53.5 Å². The predicted molar refractivity (Wildman–Crippen MR) is 109 cm³/mol. The summed E-state index contributed by atoms with van der Waals surface area (Å²) in [5, 5.41) is 14.5. The lowest BCUT2D eigenvalue weighted by Crippen LogP contribution is -2.67. The van der Waals surface area contributed by atoms with Crippen LogP contribution in [0.3, 0.4) is 0 Å². The Morgan fingerprint density at radius 3 is 2.63 bits per heavy atom. The van der Waals surface area contributed by atoms with Crippen LogP contribution in [0, 0.1) is 0 Å². The zero-order valence-corrected chi connectivity index (χ0v) is 17.5. The number of nitrogens with one attached hydrogen (secondary N) is 1. The van der Waals surface area contributed by atoms with E-state index in [0.717, 1.165) is 5.56 Å². The molecule has 9 heteroatoms. The first-order valence-electron chi connectivity index (χ1n) is 9.46. The lowest BCUT2D eigenvalue weighted by atomic mass is 9.95. The molecule has 2 heterocycles. The Balaban J connectivity index is 1.55. The van der Waals surface area contributed by atoms with Crippen molar-refractivity contribution >= 4 is 29.1 Å². The molecule has 2 N–H and O–H groups in total. The van der Waals surface area contributed by atoms with E-state index in [1.54, 1.807) is 12.1 Å². The van der Waals surface area contributed by atoms with E-state index in [1.165, 1.54) is 13.0 Å². The molecule has 2 fully saturated rings. The maximum atomic E-state index is 11.8. The molecule has 0 bridgehead atoms. The zero-order chi connectivity index (χ0) is 21.3. The van der Waals surface area contributed by atoms with Crippen LogP contribution in [0.4, 0.5) is 0 Å². The summed E-state index contributed by atoms with van der Waals surface area (Å²) in [5.74, 6) is -0.0320. The monoisotopic (exact) mass is 453 g/mol. The van der Waals surface area contributed by atoms with Gasteiger partial charge < -0.3 is 29.4 Å². The zero-order valence-electron chi connectivity index (χ0n) is 16.0. The van der Waals surface area contributed by atoms with Crippen molar-refractivity contribution in [2.24, 2.45) is 0 Å². The molecule has 0 unspecified atom stereocenters. The van der Waals surface area contributed by atoms with Gasteiger partial charge in [0.2, 0.25) is 12.2 Å². The minimum absolute atomic E-state index is 0.183. The number of aliphatic hydroxyl groups excluding tert-OH is 1. The lowest BCUT2D eigenvalue weighted by molar-refractivity contribution is -0.333. The van der Waals surface area contributed by atoms with Crippen molar-refractivity contribution in [1.82, 2.24) is 5.32 Å². The fourth-order valence-corrected chi connectivity index (χ4v) is 4.01. The molecule has 2 saturated heterocycles. The second kappa shape index (κ2) is 9.09. The van der Waals surface area contributed by atoms with Gasteiger partial charge in [-0.2, -0.15) is 0 Å². The third kappa shape index (κ3) is 4.56. The first-order valence-corrected chi connectivity index (χ1v) is 10.2. The SMILES string of the molecule is CC(=O)N[C@@H]1[C@H](Oc2ccc(Cl)cc2Cl)O[C@@H]2CO[C@@H](c3ccccc3)O[C@@H]2[C@@H]1O. The van der Waals surface area contributed by atoms with E-state index in [0.29, 0.717) is 10.8 Å². The average Bonchev–Trinajstić information content (AvgIpc) is 2.73. The Labute approximate surface area is 183 Å². The minimum Gasteiger partial charge on any atom is -0.461 e. The highest BCUT2D eigenvalue weighted by Crippen LogP contribution is 2.36. The summed E-state index contributed by atoms with van der Waals surface area (Å²) in [5.41, 5.74) is 0.825. The molecule has 0 aliphatic carbocycles. The summed E-state index contributed by atoms with van der Waals surface area (Å²) in [6, 6.07) is 13.3. The maximum Gasteiger partial charge on any atom is 0.223 e. The molecule has 2 aromatic rings. The van der Waals surface area contributed by atoms with Gasteiger partial charge in [0.15, 0.2) is 6.29 Å². The summed E-state index contributed by atoms with van der Waals surface area (Å²) in [6.07, 6.45) is -4.07. The molecule has 2 aliphatic heterocycles. The van der Waals surface area contributed by atoms with Crippen molar-refractivity contribution in [1.29, 1.82) is 0 Å². The number of amides is 1. The van der Waals surface area contributed by atoms with E-state index >= 15 is 0 Å². The van der Waals surface area contributed by atoms with Gasteiger partial charge >= 0.3 is 0 Å². The number of carbonyl (C=O) groups is 1. The normalized spacial score (nSPS) is 30.9. The first kappa shape index (κ1) is 21.4. The van der Waals surface area contributed by atoms with Gasteiger partial charge in [-0.15, -0.1) is 0 Å². The largest absolute Gasteiger partial charge is 0.461 e. The van der Waals surface area contributed by atoms with Crippen molar-refractivity contribution in [3.8, 4) is 5.75 Å². The molecular weight excluding hydrogens is 433 g/mol. The van der Waals surface area contributed by atoms with Gasteiger partial charge in [0.1, 0.15) is 30.1 Å². The standard InChI is InChI=1S/C21H21Cl2NO6/c1-11(25)24-17-18(26)19-16(10-27-20(30-19)12-5-3-2-4-6-12)29-21(17)28-15-8-7-13(22)9-14(15)23/h2-9,16-21,26H,10H2,1H3,(H,24,25)/t16-,17+,18-,19+,20-,21-/m1/s1. The fraction of sp³-hybridized carbons (Fsp3) is 0.381. The van der Waals surface area contributed by atoms with Crippen molar-refractivity contribution in [2.45, 2.75) is 43.9 Å². The van der Waals surface area contributed by atoms with Crippen molar-refractivity contribution in [3.05, 3.63) is 64.1 Å². The number of benzene rings is 2. The minimum atomic E-state index is -1.10. The van der Waals surface area contributed by atoms with Crippen molar-refractivity contribution in [3.63, 3.8) is 0 Å². The van der Waals surface area contributed by atoms with Gasteiger partial charge in [0.05, 0.1) is 11.6 Å². The molecule has 6 atom stereocenters. The highest BCUT2D eigenvalue weighted by Gasteiger charge is 2.50. The number of ether oxygens (including phenoxy) is 4. The molecule has 1 amide bonds. The molecule has 4 rings (SSSR count). The third-order valence-corrected chi connectivity index (χ3v) is 5.47. The van der Waals surface area contributed by atoms with Crippen LogP contribution in [0.2, 0.25) is 10.0 Å². The highest BCUT2D eigenvalue weighted by atomic mass is 35.5. The van der Waals surface area contributed by atoms with Gasteiger partial charge in [0, 0.05) is 17.5 Å². The summed E-state index contributed by atoms with van der Waals surface area (Å²) in [7, 11) is 0. The van der Waals surface area contributed by atoms with Crippen molar-refractivity contribution < 1.29 is 28.8 Å². The van der Waals surface area contributed by atoms with Crippen LogP contribution < -0.4 is 10.1 Å².